The number of rotatable bonds is 5. The third-order valence-electron chi connectivity index (χ3n) is 7.64. The largest absolute Gasteiger partial charge is 0.342 e. The van der Waals surface area contributed by atoms with Crippen molar-refractivity contribution in [3.8, 4) is 0 Å². The van der Waals surface area contributed by atoms with Crippen molar-refractivity contribution >= 4 is 15.9 Å². The first-order chi connectivity index (χ1) is 15.3. The molecule has 1 amide bonds. The van der Waals surface area contributed by atoms with Gasteiger partial charge in [-0.1, -0.05) is 12.8 Å². The number of aromatic nitrogens is 2. The molecule has 0 radical (unpaired) electrons. The Balaban J connectivity index is 1.24. The monoisotopic (exact) mass is 465 g/mol. The van der Waals surface area contributed by atoms with Gasteiger partial charge in [0.15, 0.2) is 5.03 Å². The van der Waals surface area contributed by atoms with Crippen LogP contribution in [0.15, 0.2) is 11.2 Å². The van der Waals surface area contributed by atoms with Crippen LogP contribution in [0.4, 0.5) is 0 Å². The SMILES string of the molecule is Cc1nc(S(=O)(=O)N2CCC(C(=O)N3CCC(CN4CCCCCC4)CC3)CC2)cn1C. The predicted octanol–water partition coefficient (Wildman–Crippen LogP) is 2.24. The van der Waals surface area contributed by atoms with Gasteiger partial charge in [-0.05, 0) is 64.5 Å². The highest BCUT2D eigenvalue weighted by atomic mass is 32.2. The molecular formula is C23H39N5O3S. The molecular weight excluding hydrogens is 426 g/mol. The lowest BCUT2D eigenvalue weighted by molar-refractivity contribution is -0.138. The smallest absolute Gasteiger partial charge is 0.262 e. The molecule has 0 unspecified atom stereocenters. The van der Waals surface area contributed by atoms with Crippen LogP contribution in [0.1, 0.15) is 57.2 Å². The summed E-state index contributed by atoms with van der Waals surface area (Å²) in [7, 11) is -1.79. The van der Waals surface area contributed by atoms with E-state index in [1.165, 1.54) is 49.6 Å². The summed E-state index contributed by atoms with van der Waals surface area (Å²) in [4.78, 5) is 22.0. The fourth-order valence-corrected chi connectivity index (χ4v) is 6.90. The molecule has 0 saturated carbocycles. The maximum absolute atomic E-state index is 13.1. The van der Waals surface area contributed by atoms with Crippen LogP contribution in [-0.2, 0) is 21.9 Å². The molecule has 9 heteroatoms. The molecule has 32 heavy (non-hydrogen) atoms. The second kappa shape index (κ2) is 10.2. The number of aryl methyl sites for hydroxylation is 2. The third kappa shape index (κ3) is 5.37. The average molecular weight is 466 g/mol. The van der Waals surface area contributed by atoms with Crippen LogP contribution >= 0.6 is 0 Å². The van der Waals surface area contributed by atoms with Gasteiger partial charge in [-0.3, -0.25) is 4.79 Å². The van der Waals surface area contributed by atoms with Crippen molar-refractivity contribution in [2.75, 3.05) is 45.8 Å². The van der Waals surface area contributed by atoms with Crippen molar-refractivity contribution in [1.29, 1.82) is 0 Å². The van der Waals surface area contributed by atoms with Crippen molar-refractivity contribution in [2.24, 2.45) is 18.9 Å². The van der Waals surface area contributed by atoms with Gasteiger partial charge in [0, 0.05) is 51.9 Å². The number of nitrogens with zero attached hydrogens (tertiary/aromatic N) is 5. The van der Waals surface area contributed by atoms with Gasteiger partial charge in [-0.15, -0.1) is 0 Å². The molecule has 0 bridgehead atoms. The zero-order valence-electron chi connectivity index (χ0n) is 19.7. The number of hydrogen-bond donors (Lipinski definition) is 0. The van der Waals surface area contributed by atoms with Gasteiger partial charge >= 0.3 is 0 Å². The van der Waals surface area contributed by atoms with Gasteiger partial charge in [0.05, 0.1) is 0 Å². The number of carbonyl (C=O) groups excluding carboxylic acids is 1. The first-order valence-electron chi connectivity index (χ1n) is 12.4. The Labute approximate surface area is 193 Å². The lowest BCUT2D eigenvalue weighted by atomic mass is 9.92. The number of piperidine rings is 2. The second-order valence-electron chi connectivity index (χ2n) is 9.90. The van der Waals surface area contributed by atoms with Crippen LogP contribution in [0, 0.1) is 18.8 Å². The van der Waals surface area contributed by atoms with E-state index in [0.29, 0.717) is 37.7 Å². The summed E-state index contributed by atoms with van der Waals surface area (Å²) in [5, 5.41) is 0.105. The molecule has 8 nitrogen and oxygen atoms in total. The highest BCUT2D eigenvalue weighted by Crippen LogP contribution is 2.27. The van der Waals surface area contributed by atoms with Gasteiger partial charge in [-0.2, -0.15) is 4.31 Å². The van der Waals surface area contributed by atoms with E-state index in [4.69, 9.17) is 0 Å². The van der Waals surface area contributed by atoms with Crippen LogP contribution < -0.4 is 0 Å². The Bertz CT molecular complexity index is 856. The normalized spacial score (nSPS) is 23.4. The molecule has 0 atom stereocenters. The third-order valence-corrected chi connectivity index (χ3v) is 9.41. The molecule has 0 spiro atoms. The van der Waals surface area contributed by atoms with Crippen LogP contribution in [0.25, 0.3) is 0 Å². The first-order valence-corrected chi connectivity index (χ1v) is 13.8. The van der Waals surface area contributed by atoms with Crippen molar-refractivity contribution in [2.45, 2.75) is 63.3 Å². The summed E-state index contributed by atoms with van der Waals surface area (Å²) in [6.45, 7) is 7.93. The predicted molar refractivity (Wildman–Crippen MR) is 124 cm³/mol. The van der Waals surface area contributed by atoms with E-state index in [0.717, 1.165) is 25.9 Å². The number of hydrogen-bond acceptors (Lipinski definition) is 5. The fraction of sp³-hybridized carbons (Fsp3) is 0.826. The molecule has 3 saturated heterocycles. The van der Waals surface area contributed by atoms with Crippen molar-refractivity contribution in [3.05, 3.63) is 12.0 Å². The summed E-state index contributed by atoms with van der Waals surface area (Å²) < 4.78 is 29.0. The van der Waals surface area contributed by atoms with E-state index in [1.54, 1.807) is 24.7 Å². The molecule has 0 aromatic carbocycles. The zero-order valence-corrected chi connectivity index (χ0v) is 20.5. The lowest BCUT2D eigenvalue weighted by Gasteiger charge is -2.38. The van der Waals surface area contributed by atoms with E-state index in [9.17, 15) is 13.2 Å². The minimum absolute atomic E-state index is 0.0610. The summed E-state index contributed by atoms with van der Waals surface area (Å²) in [5.74, 6) is 1.54. The van der Waals surface area contributed by atoms with E-state index >= 15 is 0 Å². The Morgan fingerprint density at radius 2 is 1.59 bits per heavy atom. The standard InChI is InChI=1S/C23H39N5O3S/c1-19-24-22(18-25(19)2)32(30,31)28-15-9-21(10-16-28)23(29)27-13-7-20(8-14-27)17-26-11-5-3-4-6-12-26/h18,20-21H,3-17H2,1-2H3. The Morgan fingerprint density at radius 3 is 2.16 bits per heavy atom. The van der Waals surface area contributed by atoms with Gasteiger partial charge < -0.3 is 14.4 Å². The maximum atomic E-state index is 13.1. The first kappa shape index (κ1) is 23.7. The minimum Gasteiger partial charge on any atom is -0.342 e. The van der Waals surface area contributed by atoms with Crippen molar-refractivity contribution in [1.82, 2.24) is 23.7 Å². The van der Waals surface area contributed by atoms with Crippen LogP contribution in [-0.4, -0.2) is 83.8 Å². The molecule has 4 heterocycles. The molecule has 3 fully saturated rings. The molecule has 3 aliphatic rings. The molecule has 4 rings (SSSR count). The van der Waals surface area contributed by atoms with Crippen LogP contribution in [0.3, 0.4) is 0 Å². The van der Waals surface area contributed by atoms with E-state index < -0.39 is 10.0 Å². The van der Waals surface area contributed by atoms with Gasteiger partial charge in [0.1, 0.15) is 5.82 Å². The molecule has 0 N–H and O–H groups in total. The number of amides is 1. The Hall–Kier alpha value is -1.45. The van der Waals surface area contributed by atoms with Gasteiger partial charge in [0.2, 0.25) is 5.91 Å². The maximum Gasteiger partial charge on any atom is 0.262 e. The number of sulfonamides is 1. The highest BCUT2D eigenvalue weighted by molar-refractivity contribution is 7.89. The summed E-state index contributed by atoms with van der Waals surface area (Å²) in [6, 6.07) is 0. The summed E-state index contributed by atoms with van der Waals surface area (Å²) in [6.07, 6.45) is 10.3. The molecule has 0 aliphatic carbocycles. The van der Waals surface area contributed by atoms with Gasteiger partial charge in [-0.25, -0.2) is 13.4 Å². The van der Waals surface area contributed by atoms with Crippen LogP contribution in [0.5, 0.6) is 0 Å². The van der Waals surface area contributed by atoms with E-state index in [-0.39, 0.29) is 16.9 Å². The molecule has 180 valence electrons. The zero-order chi connectivity index (χ0) is 22.7. The van der Waals surface area contributed by atoms with E-state index in [2.05, 4.69) is 9.88 Å². The highest BCUT2D eigenvalue weighted by Gasteiger charge is 2.36. The minimum atomic E-state index is -3.59. The topological polar surface area (TPSA) is 78.8 Å². The van der Waals surface area contributed by atoms with Gasteiger partial charge in [0.25, 0.3) is 10.0 Å². The Kier molecular flexibility index (Phi) is 7.57. The number of carbonyl (C=O) groups is 1. The molecule has 1 aromatic rings. The van der Waals surface area contributed by atoms with Crippen molar-refractivity contribution in [3.63, 3.8) is 0 Å². The fourth-order valence-electron chi connectivity index (χ4n) is 5.40. The van der Waals surface area contributed by atoms with Crippen molar-refractivity contribution < 1.29 is 13.2 Å². The Morgan fingerprint density at radius 1 is 0.969 bits per heavy atom. The number of imidazole rings is 1. The van der Waals surface area contributed by atoms with Crippen LogP contribution in [0.2, 0.25) is 0 Å². The second-order valence-corrected chi connectivity index (χ2v) is 11.8. The lowest BCUT2D eigenvalue weighted by Crippen LogP contribution is -2.47. The summed E-state index contributed by atoms with van der Waals surface area (Å²) >= 11 is 0. The average Bonchev–Trinajstić information content (AvgIpc) is 2.98. The molecule has 3 aliphatic heterocycles. The molecule has 1 aromatic heterocycles. The number of likely N-dealkylation sites (tertiary alicyclic amines) is 2. The van der Waals surface area contributed by atoms with E-state index in [1.807, 2.05) is 4.90 Å². The quantitative estimate of drug-likeness (QED) is 0.666. The summed E-state index contributed by atoms with van der Waals surface area (Å²) in [5.41, 5.74) is 0.